The van der Waals surface area contributed by atoms with Gasteiger partial charge in [-0.2, -0.15) is 13.2 Å². The normalized spacial score (nSPS) is 22.3. The molecule has 0 N–H and O–H groups in total. The summed E-state index contributed by atoms with van der Waals surface area (Å²) in [4.78, 5) is 6.53. The van der Waals surface area contributed by atoms with Crippen LogP contribution in [0.2, 0.25) is 0 Å². The second kappa shape index (κ2) is 16.3. The zero-order valence-electron chi connectivity index (χ0n) is 24.8. The van der Waals surface area contributed by atoms with Crippen LogP contribution < -0.4 is 0 Å². The Balaban J connectivity index is 1.43. The Labute approximate surface area is 255 Å². The van der Waals surface area contributed by atoms with Crippen LogP contribution in [0.25, 0.3) is 10.4 Å². The Bertz CT molecular complexity index is 1370. The van der Waals surface area contributed by atoms with Gasteiger partial charge in [-0.1, -0.05) is 91.8 Å². The molecule has 0 saturated carbocycles. The number of aliphatic imine (C=N–C) groups is 1. The van der Waals surface area contributed by atoms with Crippen LogP contribution in [0.1, 0.15) is 30.5 Å². The summed E-state index contributed by atoms with van der Waals surface area (Å²) in [5.41, 5.74) is 11.6. The molecule has 0 aromatic heterocycles. The molecule has 3 unspecified atom stereocenters. The van der Waals surface area contributed by atoms with Crippen LogP contribution >= 0.6 is 0 Å². The third kappa shape index (κ3) is 9.82. The number of ether oxygens (including phenoxy) is 4. The molecule has 1 heterocycles. The first-order valence-electron chi connectivity index (χ1n) is 14.6. The maximum atomic E-state index is 14.1. The summed E-state index contributed by atoms with van der Waals surface area (Å²) in [7, 11) is 0. The van der Waals surface area contributed by atoms with Gasteiger partial charge in [0.25, 0.3) is 5.90 Å². The number of azide groups is 1. The average molecular weight is 611 g/mol. The molecule has 0 radical (unpaired) electrons. The minimum absolute atomic E-state index is 0.0913. The van der Waals surface area contributed by atoms with Crippen molar-refractivity contribution in [1.82, 2.24) is 0 Å². The molecule has 1 saturated heterocycles. The highest BCUT2D eigenvalue weighted by atomic mass is 19.4. The van der Waals surface area contributed by atoms with Crippen molar-refractivity contribution in [2.24, 2.45) is 21.9 Å². The fourth-order valence-electron chi connectivity index (χ4n) is 4.91. The summed E-state index contributed by atoms with van der Waals surface area (Å²) in [6, 6.07) is 25.2. The van der Waals surface area contributed by atoms with Gasteiger partial charge < -0.3 is 18.9 Å². The molecule has 11 heteroatoms. The minimum Gasteiger partial charge on any atom is -0.441 e. The van der Waals surface area contributed by atoms with Gasteiger partial charge in [0, 0.05) is 11.5 Å². The Morgan fingerprint density at radius 1 is 0.864 bits per heavy atom. The third-order valence-electron chi connectivity index (χ3n) is 7.66. The van der Waals surface area contributed by atoms with Crippen LogP contribution in [0.15, 0.2) is 95.0 Å². The quantitative estimate of drug-likeness (QED) is 0.0489. The molecule has 1 aliphatic heterocycles. The number of benzene rings is 3. The molecule has 234 valence electrons. The van der Waals surface area contributed by atoms with Gasteiger partial charge in [-0.15, -0.1) is 0 Å². The highest BCUT2D eigenvalue weighted by molar-refractivity contribution is 5.84. The maximum absolute atomic E-state index is 14.1. The number of hydrogen-bond donors (Lipinski definition) is 0. The van der Waals surface area contributed by atoms with Crippen molar-refractivity contribution >= 4 is 11.6 Å². The SMILES string of the molecule is C[C@@H]1C(COCCc2ccc(CCN=[N+]=[N-])cc2)OC(OC(=Nc2ccccc2)C(F)(F)F)C(OCc2ccccc2)[C@H]1C. The fourth-order valence-corrected chi connectivity index (χ4v) is 4.91. The number of nitrogens with zero attached hydrogens (tertiary/aromatic N) is 4. The zero-order valence-corrected chi connectivity index (χ0v) is 24.8. The Morgan fingerprint density at radius 2 is 1.50 bits per heavy atom. The van der Waals surface area contributed by atoms with Crippen LogP contribution in [0.3, 0.4) is 0 Å². The number of halogens is 3. The highest BCUT2D eigenvalue weighted by Gasteiger charge is 2.48. The first-order valence-corrected chi connectivity index (χ1v) is 14.6. The van der Waals surface area contributed by atoms with Gasteiger partial charge in [0.2, 0.25) is 6.29 Å². The van der Waals surface area contributed by atoms with E-state index in [4.69, 9.17) is 24.5 Å². The van der Waals surface area contributed by atoms with Gasteiger partial charge in [0.15, 0.2) is 0 Å². The van der Waals surface area contributed by atoms with Crippen molar-refractivity contribution < 1.29 is 32.1 Å². The summed E-state index contributed by atoms with van der Waals surface area (Å²) < 4.78 is 66.2. The van der Waals surface area contributed by atoms with E-state index in [1.54, 1.807) is 18.2 Å². The van der Waals surface area contributed by atoms with Crippen LogP contribution in [-0.4, -0.2) is 50.3 Å². The van der Waals surface area contributed by atoms with Crippen molar-refractivity contribution in [2.75, 3.05) is 19.8 Å². The van der Waals surface area contributed by atoms with Crippen LogP contribution in [0.4, 0.5) is 18.9 Å². The molecule has 1 aliphatic rings. The molecule has 0 amide bonds. The van der Waals surface area contributed by atoms with Crippen LogP contribution in [0.5, 0.6) is 0 Å². The predicted octanol–water partition coefficient (Wildman–Crippen LogP) is 7.99. The first kappa shape index (κ1) is 33.0. The Hall–Kier alpha value is -3.89. The van der Waals surface area contributed by atoms with Crippen molar-refractivity contribution in [1.29, 1.82) is 0 Å². The third-order valence-corrected chi connectivity index (χ3v) is 7.66. The number of para-hydroxylation sites is 1. The molecular formula is C33H37F3N4O4. The smallest absolute Gasteiger partial charge is 0.441 e. The number of rotatable bonds is 13. The zero-order chi connectivity index (χ0) is 31.4. The summed E-state index contributed by atoms with van der Waals surface area (Å²) in [5.74, 6) is -1.70. The van der Waals surface area contributed by atoms with E-state index in [0.29, 0.717) is 26.0 Å². The van der Waals surface area contributed by atoms with Gasteiger partial charge in [-0.25, -0.2) is 4.99 Å². The number of hydrogen-bond acceptors (Lipinski definition) is 6. The lowest BCUT2D eigenvalue weighted by atomic mass is 9.83. The molecular weight excluding hydrogens is 573 g/mol. The van der Waals surface area contributed by atoms with Gasteiger partial charge >= 0.3 is 6.18 Å². The molecule has 1 fully saturated rings. The summed E-state index contributed by atoms with van der Waals surface area (Å²) in [5, 5.41) is 3.56. The molecule has 3 aromatic rings. The van der Waals surface area contributed by atoms with E-state index in [-0.39, 0.29) is 30.7 Å². The van der Waals surface area contributed by atoms with E-state index in [1.165, 1.54) is 12.1 Å². The maximum Gasteiger partial charge on any atom is 0.468 e. The molecule has 8 nitrogen and oxygen atoms in total. The molecule has 4 rings (SSSR count). The summed E-state index contributed by atoms with van der Waals surface area (Å²) in [6.45, 7) is 5.08. The van der Waals surface area contributed by atoms with Gasteiger partial charge in [-0.05, 0) is 59.0 Å². The lowest BCUT2D eigenvalue weighted by molar-refractivity contribution is -0.271. The Morgan fingerprint density at radius 3 is 2.14 bits per heavy atom. The topological polar surface area (TPSA) is 98.0 Å². The van der Waals surface area contributed by atoms with Crippen molar-refractivity contribution in [2.45, 2.75) is 58.0 Å². The number of alkyl halides is 3. The molecule has 44 heavy (non-hydrogen) atoms. The van der Waals surface area contributed by atoms with E-state index in [9.17, 15) is 13.2 Å². The van der Waals surface area contributed by atoms with E-state index in [2.05, 4.69) is 15.0 Å². The lowest BCUT2D eigenvalue weighted by Crippen LogP contribution is -2.54. The van der Waals surface area contributed by atoms with Gasteiger partial charge in [-0.3, -0.25) is 0 Å². The van der Waals surface area contributed by atoms with Crippen molar-refractivity contribution in [3.05, 3.63) is 112 Å². The Kier molecular flexibility index (Phi) is 12.2. The van der Waals surface area contributed by atoms with Crippen LogP contribution in [0, 0.1) is 11.8 Å². The minimum atomic E-state index is -4.85. The summed E-state index contributed by atoms with van der Waals surface area (Å²) >= 11 is 0. The molecule has 0 bridgehead atoms. The molecule has 3 aromatic carbocycles. The molecule has 5 atom stereocenters. The predicted molar refractivity (Wildman–Crippen MR) is 161 cm³/mol. The van der Waals surface area contributed by atoms with E-state index in [0.717, 1.165) is 16.7 Å². The fraction of sp³-hybridized carbons (Fsp3) is 0.424. The second-order valence-corrected chi connectivity index (χ2v) is 10.7. The monoisotopic (exact) mass is 610 g/mol. The molecule has 0 spiro atoms. The van der Waals surface area contributed by atoms with Gasteiger partial charge in [0.05, 0.1) is 31.6 Å². The van der Waals surface area contributed by atoms with E-state index >= 15 is 0 Å². The second-order valence-electron chi connectivity index (χ2n) is 10.7. The summed E-state index contributed by atoms with van der Waals surface area (Å²) in [6.07, 6.45) is -6.21. The van der Waals surface area contributed by atoms with E-state index in [1.807, 2.05) is 68.4 Å². The standard InChI is InChI=1S/C33H37F3N4O4/c1-23-24(2)30(42-21-27-9-5-3-6-10-27)31(44-32(33(34,35)36)39-28-11-7-4-8-12-28)43-29(23)22-41-20-18-26-15-13-25(14-16-26)17-19-38-40-37/h3-16,23-24,29-31H,17-22H2,1-2H3/t23-,24-,29?,30?,31?/m0/s1. The van der Waals surface area contributed by atoms with Crippen molar-refractivity contribution in [3.8, 4) is 0 Å². The van der Waals surface area contributed by atoms with Crippen molar-refractivity contribution in [3.63, 3.8) is 0 Å². The highest BCUT2D eigenvalue weighted by Crippen LogP contribution is 2.36. The largest absolute Gasteiger partial charge is 0.468 e. The average Bonchev–Trinajstić information content (AvgIpc) is 3.02. The molecule has 0 aliphatic carbocycles. The first-order chi connectivity index (χ1) is 21.2. The van der Waals surface area contributed by atoms with Crippen LogP contribution in [-0.2, 0) is 38.4 Å². The van der Waals surface area contributed by atoms with E-state index < -0.39 is 30.6 Å². The van der Waals surface area contributed by atoms with Gasteiger partial charge in [0.1, 0.15) is 6.10 Å². The lowest BCUT2D eigenvalue weighted by Gasteiger charge is -2.44.